The van der Waals surface area contributed by atoms with Crippen LogP contribution in [-0.2, 0) is 6.42 Å². The van der Waals surface area contributed by atoms with Crippen LogP contribution in [0.25, 0.3) is 39.6 Å². The van der Waals surface area contributed by atoms with Crippen LogP contribution in [0.15, 0.2) is 73.1 Å². The fraction of sp³-hybridized carbons (Fsp3) is 0.185. The summed E-state index contributed by atoms with van der Waals surface area (Å²) < 4.78 is 7.75. The summed E-state index contributed by atoms with van der Waals surface area (Å²) in [5.74, 6) is 1.85. The number of benzene rings is 1. The first kappa shape index (κ1) is 21.6. The Morgan fingerprint density at radius 1 is 0.912 bits per heavy atom. The van der Waals surface area contributed by atoms with Gasteiger partial charge in [0, 0.05) is 11.9 Å². The smallest absolute Gasteiger partial charge is 0.165 e. The number of ether oxygens (including phenoxy) is 1. The van der Waals surface area contributed by atoms with Crippen molar-refractivity contribution in [2.45, 2.75) is 33.3 Å². The topological polar surface area (TPSA) is 91.7 Å². The molecule has 0 spiro atoms. The van der Waals surface area contributed by atoms with Crippen molar-refractivity contribution in [2.24, 2.45) is 0 Å². The highest BCUT2D eigenvalue weighted by molar-refractivity contribution is 5.84. The van der Waals surface area contributed by atoms with E-state index in [0.717, 1.165) is 46.0 Å². The van der Waals surface area contributed by atoms with Crippen LogP contribution in [-0.4, -0.2) is 30.6 Å². The zero-order chi connectivity index (χ0) is 23.7. The number of anilines is 1. The molecule has 5 aromatic rings. The van der Waals surface area contributed by atoms with Crippen molar-refractivity contribution in [1.82, 2.24) is 24.5 Å². The molecule has 0 radical (unpaired) electrons. The Balaban J connectivity index is 1.68. The molecule has 2 N–H and O–H groups in total. The van der Waals surface area contributed by atoms with E-state index in [1.165, 1.54) is 5.56 Å². The van der Waals surface area contributed by atoms with Crippen molar-refractivity contribution >= 4 is 17.0 Å². The van der Waals surface area contributed by atoms with Crippen molar-refractivity contribution in [3.63, 3.8) is 0 Å². The summed E-state index contributed by atoms with van der Waals surface area (Å²) in [7, 11) is 0. The predicted molar refractivity (Wildman–Crippen MR) is 135 cm³/mol. The normalized spacial score (nSPS) is 11.3. The quantitative estimate of drug-likeness (QED) is 0.368. The largest absolute Gasteiger partial charge is 0.489 e. The molecule has 0 amide bonds. The van der Waals surface area contributed by atoms with Gasteiger partial charge in [-0.05, 0) is 74.4 Å². The second kappa shape index (κ2) is 8.94. The minimum atomic E-state index is 0.0916. The molecule has 1 aromatic carbocycles. The Morgan fingerprint density at radius 3 is 2.38 bits per heavy atom. The minimum Gasteiger partial charge on any atom is -0.489 e. The summed E-state index contributed by atoms with van der Waals surface area (Å²) in [4.78, 5) is 18.7. The SMILES string of the molecule is CCc1ccc(-n2c(-c3cccnc3N)nc3ccc(-c4ccc(OC(C)C)cn4)nc32)cc1. The molecule has 0 atom stereocenters. The van der Waals surface area contributed by atoms with Crippen LogP contribution in [0.3, 0.4) is 0 Å². The van der Waals surface area contributed by atoms with Crippen molar-refractivity contribution in [3.05, 3.63) is 78.6 Å². The van der Waals surface area contributed by atoms with Gasteiger partial charge < -0.3 is 10.5 Å². The van der Waals surface area contributed by atoms with Gasteiger partial charge in [0.15, 0.2) is 11.5 Å². The van der Waals surface area contributed by atoms with Gasteiger partial charge >= 0.3 is 0 Å². The third kappa shape index (κ3) is 4.08. The number of fused-ring (bicyclic) bond motifs is 1. The maximum Gasteiger partial charge on any atom is 0.165 e. The van der Waals surface area contributed by atoms with Crippen LogP contribution in [0.5, 0.6) is 5.75 Å². The lowest BCUT2D eigenvalue weighted by atomic mass is 10.1. The number of hydrogen-bond donors (Lipinski definition) is 1. The molecular formula is C27H26N6O. The van der Waals surface area contributed by atoms with E-state index in [2.05, 4.69) is 41.2 Å². The summed E-state index contributed by atoms with van der Waals surface area (Å²) in [5, 5.41) is 0. The van der Waals surface area contributed by atoms with Gasteiger partial charge in [0.05, 0.1) is 29.3 Å². The molecule has 0 aliphatic heterocycles. The van der Waals surface area contributed by atoms with Gasteiger partial charge in [-0.15, -0.1) is 0 Å². The van der Waals surface area contributed by atoms with E-state index in [1.54, 1.807) is 12.4 Å². The molecule has 7 nitrogen and oxygen atoms in total. The van der Waals surface area contributed by atoms with E-state index in [1.807, 2.05) is 54.8 Å². The molecule has 170 valence electrons. The molecule has 0 aliphatic rings. The summed E-state index contributed by atoms with van der Waals surface area (Å²) in [6, 6.07) is 19.9. The number of aryl methyl sites for hydroxylation is 1. The van der Waals surface area contributed by atoms with E-state index in [4.69, 9.17) is 20.4 Å². The number of nitrogens with zero attached hydrogens (tertiary/aromatic N) is 5. The van der Waals surface area contributed by atoms with Gasteiger partial charge in [-0.3, -0.25) is 9.55 Å². The van der Waals surface area contributed by atoms with E-state index < -0.39 is 0 Å². The molecule has 5 rings (SSSR count). The summed E-state index contributed by atoms with van der Waals surface area (Å²) in [6.45, 7) is 6.12. The molecule has 4 heterocycles. The zero-order valence-electron chi connectivity index (χ0n) is 19.4. The highest BCUT2D eigenvalue weighted by Gasteiger charge is 2.19. The number of aromatic nitrogens is 5. The summed E-state index contributed by atoms with van der Waals surface area (Å²) >= 11 is 0. The molecule has 34 heavy (non-hydrogen) atoms. The average molecular weight is 451 g/mol. The maximum atomic E-state index is 6.23. The summed E-state index contributed by atoms with van der Waals surface area (Å²) in [5.41, 5.74) is 12.2. The van der Waals surface area contributed by atoms with Gasteiger partial charge in [0.25, 0.3) is 0 Å². The van der Waals surface area contributed by atoms with Crippen LogP contribution in [0.1, 0.15) is 26.3 Å². The highest BCUT2D eigenvalue weighted by atomic mass is 16.5. The van der Waals surface area contributed by atoms with Gasteiger partial charge in [0.1, 0.15) is 17.1 Å². The average Bonchev–Trinajstić information content (AvgIpc) is 3.23. The number of pyridine rings is 3. The molecule has 0 bridgehead atoms. The first-order chi connectivity index (χ1) is 16.5. The lowest BCUT2D eigenvalue weighted by molar-refractivity contribution is 0.241. The summed E-state index contributed by atoms with van der Waals surface area (Å²) in [6.07, 6.45) is 4.46. The Hall–Kier alpha value is -4.26. The van der Waals surface area contributed by atoms with Crippen LogP contribution >= 0.6 is 0 Å². The van der Waals surface area contributed by atoms with Crippen molar-refractivity contribution < 1.29 is 4.74 Å². The fourth-order valence-electron chi connectivity index (χ4n) is 3.89. The lowest BCUT2D eigenvalue weighted by Gasteiger charge is -2.11. The van der Waals surface area contributed by atoms with E-state index in [-0.39, 0.29) is 6.10 Å². The van der Waals surface area contributed by atoms with Gasteiger partial charge in [-0.1, -0.05) is 19.1 Å². The molecule has 0 aliphatic carbocycles. The van der Waals surface area contributed by atoms with Crippen LogP contribution < -0.4 is 10.5 Å². The van der Waals surface area contributed by atoms with E-state index in [9.17, 15) is 0 Å². The van der Waals surface area contributed by atoms with Crippen molar-refractivity contribution in [1.29, 1.82) is 0 Å². The van der Waals surface area contributed by atoms with Crippen LogP contribution in [0.4, 0.5) is 5.82 Å². The number of rotatable bonds is 6. The Labute approximate surface area is 198 Å². The Kier molecular flexibility index (Phi) is 5.67. The second-order valence-electron chi connectivity index (χ2n) is 8.31. The molecule has 0 saturated heterocycles. The molecule has 0 saturated carbocycles. The Morgan fingerprint density at radius 2 is 1.71 bits per heavy atom. The Bertz CT molecular complexity index is 1440. The number of imidazole rings is 1. The van der Waals surface area contributed by atoms with E-state index in [0.29, 0.717) is 11.6 Å². The fourth-order valence-corrected chi connectivity index (χ4v) is 3.89. The molecule has 4 aromatic heterocycles. The second-order valence-corrected chi connectivity index (χ2v) is 8.31. The lowest BCUT2D eigenvalue weighted by Crippen LogP contribution is -2.05. The maximum absolute atomic E-state index is 6.23. The van der Waals surface area contributed by atoms with Crippen molar-refractivity contribution in [2.75, 3.05) is 5.73 Å². The van der Waals surface area contributed by atoms with Gasteiger partial charge in [-0.2, -0.15) is 0 Å². The predicted octanol–water partition coefficient (Wildman–Crippen LogP) is 5.48. The zero-order valence-corrected chi connectivity index (χ0v) is 19.4. The first-order valence-electron chi connectivity index (χ1n) is 11.4. The molecule has 0 fully saturated rings. The highest BCUT2D eigenvalue weighted by Crippen LogP contribution is 2.31. The third-order valence-electron chi connectivity index (χ3n) is 5.56. The standard InChI is InChI=1S/C27H26N6O/c1-4-18-7-9-19(10-8-18)33-26(21-6-5-15-29-25(21)28)32-24-14-13-23(31-27(24)33)22-12-11-20(16-30-22)34-17(2)3/h5-17H,4H2,1-3H3,(H2,28,29). The molecule has 7 heteroatoms. The van der Waals surface area contributed by atoms with Crippen LogP contribution in [0, 0.1) is 0 Å². The third-order valence-corrected chi connectivity index (χ3v) is 5.56. The van der Waals surface area contributed by atoms with E-state index >= 15 is 0 Å². The first-order valence-corrected chi connectivity index (χ1v) is 11.4. The van der Waals surface area contributed by atoms with Crippen LogP contribution in [0.2, 0.25) is 0 Å². The van der Waals surface area contributed by atoms with Gasteiger partial charge in [0.2, 0.25) is 0 Å². The molecule has 0 unspecified atom stereocenters. The monoisotopic (exact) mass is 450 g/mol. The molecular weight excluding hydrogens is 424 g/mol. The van der Waals surface area contributed by atoms with Crippen molar-refractivity contribution in [3.8, 4) is 34.2 Å². The number of nitrogens with two attached hydrogens (primary N) is 1. The van der Waals surface area contributed by atoms with Gasteiger partial charge in [-0.25, -0.2) is 15.0 Å². The minimum absolute atomic E-state index is 0.0916. The number of nitrogen functional groups attached to an aromatic ring is 1. The number of hydrogen-bond acceptors (Lipinski definition) is 6.